The minimum absolute atomic E-state index is 0.0255. The summed E-state index contributed by atoms with van der Waals surface area (Å²) in [7, 11) is 0. The molecule has 0 aliphatic heterocycles. The van der Waals surface area contributed by atoms with Crippen molar-refractivity contribution in [1.29, 1.82) is 0 Å². The van der Waals surface area contributed by atoms with Crippen molar-refractivity contribution < 1.29 is 0 Å². The molecule has 32 valence electrons. The summed E-state index contributed by atoms with van der Waals surface area (Å²) in [5.41, 5.74) is 7.56. The SMILES string of the molecule is [N-]=[N+]=NC(=S)S. The van der Waals surface area contributed by atoms with Crippen LogP contribution in [0.2, 0.25) is 0 Å². The summed E-state index contributed by atoms with van der Waals surface area (Å²) < 4.78 is 0.0255. The van der Waals surface area contributed by atoms with E-state index in [0.29, 0.717) is 0 Å². The Labute approximate surface area is 45.4 Å². The molecule has 0 radical (unpaired) electrons. The van der Waals surface area contributed by atoms with Gasteiger partial charge < -0.3 is 0 Å². The molecule has 0 heterocycles. The predicted molar refractivity (Wildman–Crippen MR) is 30.7 cm³/mol. The van der Waals surface area contributed by atoms with Gasteiger partial charge in [-0.15, -0.1) is 12.6 Å². The Bertz CT molecular complexity index is 101. The van der Waals surface area contributed by atoms with E-state index in [4.69, 9.17) is 5.53 Å². The van der Waals surface area contributed by atoms with Crippen molar-refractivity contribution in [2.24, 2.45) is 5.11 Å². The zero-order chi connectivity index (χ0) is 4.99. The summed E-state index contributed by atoms with van der Waals surface area (Å²) in [6.07, 6.45) is 0. The molecule has 0 spiro atoms. The summed E-state index contributed by atoms with van der Waals surface area (Å²) in [6.45, 7) is 0. The summed E-state index contributed by atoms with van der Waals surface area (Å²) >= 11 is 7.73. The zero-order valence-corrected chi connectivity index (χ0v) is 4.41. The van der Waals surface area contributed by atoms with Gasteiger partial charge in [0.2, 0.25) is 0 Å². The van der Waals surface area contributed by atoms with Gasteiger partial charge in [0, 0.05) is 4.91 Å². The molecule has 0 aliphatic carbocycles. The maximum atomic E-state index is 7.56. The largest absolute Gasteiger partial charge is 0.131 e. The van der Waals surface area contributed by atoms with Gasteiger partial charge in [0.25, 0.3) is 0 Å². The number of rotatable bonds is 0. The summed E-state index contributed by atoms with van der Waals surface area (Å²) in [6, 6.07) is 0. The Kier molecular flexibility index (Phi) is 2.84. The van der Waals surface area contributed by atoms with Crippen molar-refractivity contribution in [3.8, 4) is 0 Å². The number of hydrogen-bond acceptors (Lipinski definition) is 1. The van der Waals surface area contributed by atoms with E-state index in [1.165, 1.54) is 0 Å². The molecule has 0 fully saturated rings. The second kappa shape index (κ2) is 2.96. The predicted octanol–water partition coefficient (Wildman–Crippen LogP) is 1.51. The molecule has 0 aliphatic rings. The van der Waals surface area contributed by atoms with E-state index in [1.807, 2.05) is 0 Å². The molecule has 0 aromatic rings. The molecule has 0 N–H and O–H groups in total. The topological polar surface area (TPSA) is 48.8 Å². The lowest BCUT2D eigenvalue weighted by molar-refractivity contribution is 1.72. The van der Waals surface area contributed by atoms with Crippen LogP contribution in [0.3, 0.4) is 0 Å². The van der Waals surface area contributed by atoms with Crippen molar-refractivity contribution in [2.75, 3.05) is 0 Å². The van der Waals surface area contributed by atoms with Crippen LogP contribution < -0.4 is 0 Å². The molecular formula is CHN3S2. The van der Waals surface area contributed by atoms with E-state index in [9.17, 15) is 0 Å². The average molecular weight is 119 g/mol. The van der Waals surface area contributed by atoms with Crippen LogP contribution in [-0.2, 0) is 0 Å². The van der Waals surface area contributed by atoms with Crippen molar-refractivity contribution in [2.45, 2.75) is 0 Å². The maximum absolute atomic E-state index is 7.56. The fourth-order valence-corrected chi connectivity index (χ4v) is 0.115. The van der Waals surface area contributed by atoms with Crippen molar-refractivity contribution in [1.82, 2.24) is 0 Å². The van der Waals surface area contributed by atoms with Crippen LogP contribution in [0.4, 0.5) is 0 Å². The molecule has 0 aromatic heterocycles. The summed E-state index contributed by atoms with van der Waals surface area (Å²) in [5.74, 6) is 0. The Morgan fingerprint density at radius 3 is 2.50 bits per heavy atom. The highest BCUT2D eigenvalue weighted by Crippen LogP contribution is 1.82. The van der Waals surface area contributed by atoms with Crippen LogP contribution in [-0.4, -0.2) is 4.32 Å². The number of thiocarbonyl (C=S) groups is 1. The third-order valence-corrected chi connectivity index (χ3v) is 0.301. The molecule has 0 bridgehead atoms. The molecule has 0 aromatic carbocycles. The quantitative estimate of drug-likeness (QED) is 0.170. The van der Waals surface area contributed by atoms with E-state index in [2.05, 4.69) is 34.9 Å². The van der Waals surface area contributed by atoms with Crippen LogP contribution in [0.5, 0.6) is 0 Å². The molecule has 0 atom stereocenters. The average Bonchev–Trinajstić information content (AvgIpc) is 1.35. The van der Waals surface area contributed by atoms with Gasteiger partial charge in [-0.3, -0.25) is 0 Å². The molecule has 0 saturated heterocycles. The number of hydrogen-bond donors (Lipinski definition) is 1. The third kappa shape index (κ3) is 3.75. The maximum Gasteiger partial charge on any atom is 0.131 e. The Hall–Kier alpha value is -0.250. The van der Waals surface area contributed by atoms with E-state index in [0.717, 1.165) is 0 Å². The number of nitrogens with zero attached hydrogens (tertiary/aromatic N) is 3. The van der Waals surface area contributed by atoms with Crippen LogP contribution in [0.15, 0.2) is 5.11 Å². The van der Waals surface area contributed by atoms with Gasteiger partial charge in [-0.25, -0.2) is 0 Å². The van der Waals surface area contributed by atoms with Gasteiger partial charge in [0.05, 0.1) is 0 Å². The lowest BCUT2D eigenvalue weighted by atomic mass is 11.5. The van der Waals surface area contributed by atoms with Gasteiger partial charge >= 0.3 is 0 Å². The first-order valence-corrected chi connectivity index (χ1v) is 1.91. The van der Waals surface area contributed by atoms with E-state index < -0.39 is 0 Å². The molecule has 6 heavy (non-hydrogen) atoms. The van der Waals surface area contributed by atoms with Crippen LogP contribution in [0.25, 0.3) is 10.4 Å². The molecule has 0 saturated carbocycles. The Morgan fingerprint density at radius 1 is 2.00 bits per heavy atom. The standard InChI is InChI=1S/CHN3S2/c2-4-3-1(5)6/h(H,5,6). The second-order valence-corrected chi connectivity index (χ2v) is 1.58. The highest BCUT2D eigenvalue weighted by atomic mass is 32.1. The summed E-state index contributed by atoms with van der Waals surface area (Å²) in [5, 5.41) is 2.90. The fraction of sp³-hybridized carbons (Fsp3) is 0. The Balaban J connectivity index is 3.60. The first-order chi connectivity index (χ1) is 2.77. The van der Waals surface area contributed by atoms with E-state index in [1.54, 1.807) is 0 Å². The first kappa shape index (κ1) is 5.75. The molecule has 0 unspecified atom stereocenters. The van der Waals surface area contributed by atoms with Gasteiger partial charge in [-0.1, -0.05) is 12.2 Å². The molecule has 0 rings (SSSR count). The number of thiol groups is 1. The first-order valence-electron chi connectivity index (χ1n) is 1.05. The van der Waals surface area contributed by atoms with Gasteiger partial charge in [-0.2, -0.15) is 0 Å². The van der Waals surface area contributed by atoms with Crippen LogP contribution in [0.1, 0.15) is 0 Å². The molecule has 0 amide bonds. The minimum Gasteiger partial charge on any atom is -0.130 e. The molecule has 5 heteroatoms. The van der Waals surface area contributed by atoms with Crippen LogP contribution >= 0.6 is 24.8 Å². The highest BCUT2D eigenvalue weighted by molar-refractivity contribution is 8.11. The number of azide groups is 1. The van der Waals surface area contributed by atoms with Gasteiger partial charge in [0.1, 0.15) is 4.32 Å². The molecular weight excluding hydrogens is 118 g/mol. The minimum atomic E-state index is 0.0255. The highest BCUT2D eigenvalue weighted by Gasteiger charge is 1.69. The van der Waals surface area contributed by atoms with Gasteiger partial charge in [-0.05, 0) is 10.6 Å². The lowest BCUT2D eigenvalue weighted by Gasteiger charge is -1.65. The fourth-order valence-electron chi connectivity index (χ4n) is 0.0383. The van der Waals surface area contributed by atoms with Gasteiger partial charge in [0.15, 0.2) is 0 Å². The van der Waals surface area contributed by atoms with Crippen LogP contribution in [0, 0.1) is 0 Å². The normalized spacial score (nSPS) is 6.17. The van der Waals surface area contributed by atoms with Crippen molar-refractivity contribution >= 4 is 29.2 Å². The van der Waals surface area contributed by atoms with E-state index >= 15 is 0 Å². The lowest BCUT2D eigenvalue weighted by Crippen LogP contribution is -1.61. The smallest absolute Gasteiger partial charge is 0.130 e. The second-order valence-electron chi connectivity index (χ2n) is 0.472. The third-order valence-electron chi connectivity index (χ3n) is 0.130. The molecule has 3 nitrogen and oxygen atoms in total. The van der Waals surface area contributed by atoms with Crippen molar-refractivity contribution in [3.63, 3.8) is 0 Å². The van der Waals surface area contributed by atoms with E-state index in [-0.39, 0.29) is 4.32 Å². The van der Waals surface area contributed by atoms with Crippen molar-refractivity contribution in [3.05, 3.63) is 10.4 Å². The monoisotopic (exact) mass is 119 g/mol. The summed E-state index contributed by atoms with van der Waals surface area (Å²) in [4.78, 5) is 2.34. The zero-order valence-electron chi connectivity index (χ0n) is 2.70. The Morgan fingerprint density at radius 2 is 2.50 bits per heavy atom.